The van der Waals surface area contributed by atoms with Crippen LogP contribution in [-0.4, -0.2) is 10.2 Å². The molecular weight excluding hydrogens is 182 g/mol. The summed E-state index contributed by atoms with van der Waals surface area (Å²) < 4.78 is 0.651. The van der Waals surface area contributed by atoms with Gasteiger partial charge in [0.15, 0.2) is 4.34 Å². The maximum Gasteiger partial charge on any atom is 0.283 e. The van der Waals surface area contributed by atoms with Gasteiger partial charge in [0, 0.05) is 23.7 Å². The molecule has 0 atom stereocenters. The predicted molar refractivity (Wildman–Crippen MR) is 45.4 cm³/mol. The van der Waals surface area contributed by atoms with Crippen molar-refractivity contribution in [2.75, 3.05) is 0 Å². The zero-order valence-corrected chi connectivity index (χ0v) is 7.24. The van der Waals surface area contributed by atoms with Crippen molar-refractivity contribution in [3.63, 3.8) is 0 Å². The summed E-state index contributed by atoms with van der Waals surface area (Å²) in [6.07, 6.45) is 0. The quantitative estimate of drug-likeness (QED) is 0.673. The normalized spacial score (nSPS) is 9.91. The standard InChI is InChI=1S/C5H7N3OS2/c6-1-3-2-10-5(8-3)11-4(7)9/h2H,1,6H2,(H2,7,9). The number of carbonyl (C=O) groups is 1. The van der Waals surface area contributed by atoms with Crippen LogP contribution in [-0.2, 0) is 6.54 Å². The topological polar surface area (TPSA) is 82.0 Å². The highest BCUT2D eigenvalue weighted by Gasteiger charge is 2.03. The summed E-state index contributed by atoms with van der Waals surface area (Å²) in [5.74, 6) is 0. The van der Waals surface area contributed by atoms with Gasteiger partial charge in [0.2, 0.25) is 0 Å². The number of carbonyl (C=O) groups excluding carboxylic acids is 1. The Morgan fingerprint density at radius 1 is 1.82 bits per heavy atom. The van der Waals surface area contributed by atoms with Crippen LogP contribution < -0.4 is 11.5 Å². The second-order valence-corrected chi connectivity index (χ2v) is 3.84. The Labute approximate surface area is 72.0 Å². The van der Waals surface area contributed by atoms with E-state index in [1.54, 1.807) is 0 Å². The van der Waals surface area contributed by atoms with E-state index in [2.05, 4.69) is 4.98 Å². The monoisotopic (exact) mass is 189 g/mol. The molecule has 1 heterocycles. The molecule has 0 aliphatic carbocycles. The van der Waals surface area contributed by atoms with Crippen molar-refractivity contribution in [1.29, 1.82) is 0 Å². The SMILES string of the molecule is NCc1csc(SC(N)=O)n1. The zero-order chi connectivity index (χ0) is 8.27. The number of hydrogen-bond acceptors (Lipinski definition) is 5. The van der Waals surface area contributed by atoms with Gasteiger partial charge in [-0.2, -0.15) is 0 Å². The fourth-order valence-electron chi connectivity index (χ4n) is 0.515. The molecule has 0 aliphatic rings. The van der Waals surface area contributed by atoms with Gasteiger partial charge < -0.3 is 11.5 Å². The smallest absolute Gasteiger partial charge is 0.283 e. The van der Waals surface area contributed by atoms with Gasteiger partial charge in [-0.05, 0) is 0 Å². The van der Waals surface area contributed by atoms with Gasteiger partial charge in [-0.15, -0.1) is 11.3 Å². The first-order valence-corrected chi connectivity index (χ1v) is 4.53. The maximum absolute atomic E-state index is 10.4. The second-order valence-electron chi connectivity index (χ2n) is 1.73. The number of nitrogens with zero attached hydrogens (tertiary/aromatic N) is 1. The molecule has 0 bridgehead atoms. The van der Waals surface area contributed by atoms with Gasteiger partial charge in [0.05, 0.1) is 5.69 Å². The molecule has 4 nitrogen and oxygen atoms in total. The molecule has 1 amide bonds. The largest absolute Gasteiger partial charge is 0.360 e. The van der Waals surface area contributed by atoms with Gasteiger partial charge in [0.25, 0.3) is 5.24 Å². The Balaban J connectivity index is 2.65. The van der Waals surface area contributed by atoms with Crippen molar-refractivity contribution in [1.82, 2.24) is 4.98 Å². The molecule has 0 unspecified atom stereocenters. The molecule has 60 valence electrons. The summed E-state index contributed by atoms with van der Waals surface area (Å²) in [4.78, 5) is 14.4. The number of thioether (sulfide) groups is 1. The lowest BCUT2D eigenvalue weighted by atomic mass is 10.5. The van der Waals surface area contributed by atoms with Crippen LogP contribution in [0.5, 0.6) is 0 Å². The molecule has 0 aromatic carbocycles. The number of thiazole rings is 1. The minimum atomic E-state index is -0.442. The number of rotatable bonds is 2. The van der Waals surface area contributed by atoms with Crippen LogP contribution in [0.1, 0.15) is 5.69 Å². The van der Waals surface area contributed by atoms with Gasteiger partial charge in [-0.1, -0.05) is 0 Å². The molecular formula is C5H7N3OS2. The third-order valence-corrected chi connectivity index (χ3v) is 2.62. The van der Waals surface area contributed by atoms with Gasteiger partial charge in [0.1, 0.15) is 0 Å². The molecule has 0 saturated heterocycles. The first kappa shape index (κ1) is 8.51. The van der Waals surface area contributed by atoms with E-state index in [0.29, 0.717) is 10.9 Å². The van der Waals surface area contributed by atoms with E-state index in [9.17, 15) is 4.79 Å². The van der Waals surface area contributed by atoms with Crippen LogP contribution in [0.2, 0.25) is 0 Å². The molecule has 0 fully saturated rings. The van der Waals surface area contributed by atoms with Gasteiger partial charge >= 0.3 is 0 Å². The minimum absolute atomic E-state index is 0.399. The van der Waals surface area contributed by atoms with E-state index in [1.165, 1.54) is 11.3 Å². The van der Waals surface area contributed by atoms with E-state index in [4.69, 9.17) is 11.5 Å². The highest BCUT2D eigenvalue weighted by Crippen LogP contribution is 2.21. The van der Waals surface area contributed by atoms with Gasteiger partial charge in [-0.25, -0.2) is 4.98 Å². The summed E-state index contributed by atoms with van der Waals surface area (Å²) in [5.41, 5.74) is 11.0. The van der Waals surface area contributed by atoms with Crippen molar-refractivity contribution in [2.45, 2.75) is 10.9 Å². The van der Waals surface area contributed by atoms with Crippen molar-refractivity contribution >= 4 is 28.3 Å². The summed E-state index contributed by atoms with van der Waals surface area (Å²) in [7, 11) is 0. The number of aromatic nitrogens is 1. The number of nitrogens with two attached hydrogens (primary N) is 2. The number of primary amides is 1. The molecule has 1 aromatic heterocycles. The summed E-state index contributed by atoms with van der Waals surface area (Å²) in [5, 5.41) is 1.37. The third-order valence-electron chi connectivity index (χ3n) is 0.928. The van der Waals surface area contributed by atoms with Crippen molar-refractivity contribution in [3.05, 3.63) is 11.1 Å². The highest BCUT2D eigenvalue weighted by atomic mass is 32.2. The molecule has 0 aliphatic heterocycles. The lowest BCUT2D eigenvalue weighted by Crippen LogP contribution is -2.01. The average Bonchev–Trinajstić information content (AvgIpc) is 2.34. The van der Waals surface area contributed by atoms with E-state index >= 15 is 0 Å². The molecule has 1 aromatic rings. The van der Waals surface area contributed by atoms with Gasteiger partial charge in [-0.3, -0.25) is 4.79 Å². The highest BCUT2D eigenvalue weighted by molar-refractivity contribution is 8.14. The Bertz CT molecular complexity index is 260. The first-order valence-electron chi connectivity index (χ1n) is 2.84. The summed E-state index contributed by atoms with van der Waals surface area (Å²) in [6, 6.07) is 0. The molecule has 0 radical (unpaired) electrons. The van der Waals surface area contributed by atoms with Crippen LogP contribution >= 0.6 is 23.1 Å². The molecule has 11 heavy (non-hydrogen) atoms. The fourth-order valence-corrected chi connectivity index (χ4v) is 1.99. The average molecular weight is 189 g/mol. The summed E-state index contributed by atoms with van der Waals surface area (Å²) in [6.45, 7) is 0.399. The van der Waals surface area contributed by atoms with E-state index in [1.807, 2.05) is 5.38 Å². The van der Waals surface area contributed by atoms with E-state index in [-0.39, 0.29) is 0 Å². The first-order chi connectivity index (χ1) is 5.22. The van der Waals surface area contributed by atoms with E-state index in [0.717, 1.165) is 17.5 Å². The number of hydrogen-bond donors (Lipinski definition) is 2. The lowest BCUT2D eigenvalue weighted by molar-refractivity contribution is 0.267. The zero-order valence-electron chi connectivity index (χ0n) is 5.61. The molecule has 0 saturated carbocycles. The van der Waals surface area contributed by atoms with Crippen LogP contribution in [0.4, 0.5) is 4.79 Å². The molecule has 4 N–H and O–H groups in total. The third kappa shape index (κ3) is 2.49. The van der Waals surface area contributed by atoms with E-state index < -0.39 is 5.24 Å². The summed E-state index contributed by atoms with van der Waals surface area (Å²) >= 11 is 2.30. The molecule has 6 heteroatoms. The van der Waals surface area contributed by atoms with Crippen LogP contribution in [0.25, 0.3) is 0 Å². The Morgan fingerprint density at radius 2 is 2.55 bits per heavy atom. The fraction of sp³-hybridized carbons (Fsp3) is 0.200. The van der Waals surface area contributed by atoms with Crippen LogP contribution in [0.3, 0.4) is 0 Å². The molecule has 0 spiro atoms. The van der Waals surface area contributed by atoms with Crippen molar-refractivity contribution in [3.8, 4) is 0 Å². The minimum Gasteiger partial charge on any atom is -0.360 e. The predicted octanol–water partition coefficient (Wildman–Crippen LogP) is 0.773. The van der Waals surface area contributed by atoms with Crippen molar-refractivity contribution in [2.24, 2.45) is 11.5 Å². The van der Waals surface area contributed by atoms with Crippen molar-refractivity contribution < 1.29 is 4.79 Å². The number of amides is 1. The van der Waals surface area contributed by atoms with Crippen LogP contribution in [0.15, 0.2) is 9.72 Å². The Kier molecular flexibility index (Phi) is 2.86. The Morgan fingerprint density at radius 3 is 3.00 bits per heavy atom. The molecule has 1 rings (SSSR count). The lowest BCUT2D eigenvalue weighted by Gasteiger charge is -1.86. The maximum atomic E-state index is 10.4. The Hall–Kier alpha value is -0.590. The van der Waals surface area contributed by atoms with Crippen LogP contribution in [0, 0.1) is 0 Å². The second kappa shape index (κ2) is 3.70.